The average Bonchev–Trinajstić information content (AvgIpc) is 2.66. The van der Waals surface area contributed by atoms with E-state index in [0.717, 1.165) is 65.4 Å². The quantitative estimate of drug-likeness (QED) is 0.649. The predicted octanol–water partition coefficient (Wildman–Crippen LogP) is 4.79. The van der Waals surface area contributed by atoms with Crippen molar-refractivity contribution >= 4 is 16.6 Å². The minimum absolute atomic E-state index is 0.344. The first-order chi connectivity index (χ1) is 12.9. The second-order valence-electron chi connectivity index (χ2n) is 7.16. The minimum Gasteiger partial charge on any atom is -0.494 e. The number of methoxy groups -OCH3 is 2. The molecule has 0 aliphatic rings. The SMILES string of the molecule is CCN(CC)CCCC(C)Nc1cc(OC)c2nc(C)c(C)cc2c1OC. The number of aryl methyl sites for hydroxylation is 2. The normalized spacial score (nSPS) is 12.4. The van der Waals surface area contributed by atoms with Crippen molar-refractivity contribution in [2.45, 2.75) is 53.5 Å². The Morgan fingerprint density at radius 2 is 1.81 bits per heavy atom. The van der Waals surface area contributed by atoms with Crippen molar-refractivity contribution in [2.24, 2.45) is 0 Å². The first-order valence-electron chi connectivity index (χ1n) is 9.96. The zero-order valence-electron chi connectivity index (χ0n) is 18.0. The zero-order valence-corrected chi connectivity index (χ0v) is 18.0. The highest BCUT2D eigenvalue weighted by molar-refractivity contribution is 5.96. The molecular weight excluding hydrogens is 338 g/mol. The molecule has 0 amide bonds. The number of rotatable bonds is 10. The summed E-state index contributed by atoms with van der Waals surface area (Å²) < 4.78 is 11.4. The molecule has 150 valence electrons. The Kier molecular flexibility index (Phi) is 7.72. The van der Waals surface area contributed by atoms with Gasteiger partial charge in [0.25, 0.3) is 0 Å². The Bertz CT molecular complexity index is 757. The summed E-state index contributed by atoms with van der Waals surface area (Å²) in [6.07, 6.45) is 2.27. The number of ether oxygens (including phenoxy) is 2. The third kappa shape index (κ3) is 5.04. The number of aromatic nitrogens is 1. The van der Waals surface area contributed by atoms with E-state index in [9.17, 15) is 0 Å². The van der Waals surface area contributed by atoms with Gasteiger partial charge < -0.3 is 19.7 Å². The van der Waals surface area contributed by atoms with Gasteiger partial charge in [-0.1, -0.05) is 13.8 Å². The molecule has 1 aromatic carbocycles. The summed E-state index contributed by atoms with van der Waals surface area (Å²) in [5.74, 6) is 1.60. The van der Waals surface area contributed by atoms with Gasteiger partial charge in [-0.05, 0) is 64.9 Å². The number of nitrogens with one attached hydrogen (secondary N) is 1. The molecule has 0 aliphatic carbocycles. The van der Waals surface area contributed by atoms with Crippen LogP contribution in [0.4, 0.5) is 5.69 Å². The third-order valence-corrected chi connectivity index (χ3v) is 5.30. The molecular formula is C22H35N3O2. The van der Waals surface area contributed by atoms with Crippen molar-refractivity contribution in [3.8, 4) is 11.5 Å². The lowest BCUT2D eigenvalue weighted by atomic mass is 10.1. The van der Waals surface area contributed by atoms with Gasteiger partial charge in [0.2, 0.25) is 0 Å². The highest BCUT2D eigenvalue weighted by Crippen LogP contribution is 2.40. The number of hydrogen-bond acceptors (Lipinski definition) is 5. The van der Waals surface area contributed by atoms with Crippen molar-refractivity contribution in [1.29, 1.82) is 0 Å². The molecule has 0 spiro atoms. The number of anilines is 1. The monoisotopic (exact) mass is 373 g/mol. The van der Waals surface area contributed by atoms with Crippen LogP contribution in [-0.4, -0.2) is 49.8 Å². The topological polar surface area (TPSA) is 46.6 Å². The van der Waals surface area contributed by atoms with Crippen LogP contribution in [0.1, 0.15) is 44.9 Å². The summed E-state index contributed by atoms with van der Waals surface area (Å²) in [6.45, 7) is 14.1. The largest absolute Gasteiger partial charge is 0.494 e. The molecule has 2 aromatic rings. The Morgan fingerprint density at radius 1 is 1.11 bits per heavy atom. The molecule has 0 saturated heterocycles. The lowest BCUT2D eigenvalue weighted by Crippen LogP contribution is -2.25. The van der Waals surface area contributed by atoms with E-state index in [0.29, 0.717) is 6.04 Å². The fraction of sp³-hybridized carbons (Fsp3) is 0.591. The first kappa shape index (κ1) is 21.3. The lowest BCUT2D eigenvalue weighted by molar-refractivity contribution is 0.295. The second-order valence-corrected chi connectivity index (χ2v) is 7.16. The maximum absolute atomic E-state index is 5.77. The van der Waals surface area contributed by atoms with Crippen LogP contribution in [0.2, 0.25) is 0 Å². The van der Waals surface area contributed by atoms with Crippen molar-refractivity contribution in [1.82, 2.24) is 9.88 Å². The number of pyridine rings is 1. The van der Waals surface area contributed by atoms with E-state index < -0.39 is 0 Å². The number of nitrogens with zero attached hydrogens (tertiary/aromatic N) is 2. The summed E-state index contributed by atoms with van der Waals surface area (Å²) in [5.41, 5.74) is 3.96. The van der Waals surface area contributed by atoms with Gasteiger partial charge in [0, 0.05) is 23.2 Å². The summed E-state index contributed by atoms with van der Waals surface area (Å²) in [5, 5.41) is 4.60. The molecule has 27 heavy (non-hydrogen) atoms. The van der Waals surface area contributed by atoms with E-state index in [1.807, 2.05) is 13.0 Å². The number of hydrogen-bond donors (Lipinski definition) is 1. The summed E-state index contributed by atoms with van der Waals surface area (Å²) >= 11 is 0. The smallest absolute Gasteiger partial charge is 0.151 e. The van der Waals surface area contributed by atoms with Crippen LogP contribution in [0.3, 0.4) is 0 Å². The number of fused-ring (bicyclic) bond motifs is 1. The first-order valence-corrected chi connectivity index (χ1v) is 9.96. The van der Waals surface area contributed by atoms with Gasteiger partial charge in [-0.2, -0.15) is 0 Å². The van der Waals surface area contributed by atoms with E-state index in [2.05, 4.69) is 44.0 Å². The molecule has 0 saturated carbocycles. The molecule has 1 N–H and O–H groups in total. The predicted molar refractivity (Wildman–Crippen MR) is 114 cm³/mol. The van der Waals surface area contributed by atoms with E-state index in [-0.39, 0.29) is 0 Å². The minimum atomic E-state index is 0.344. The van der Waals surface area contributed by atoms with Gasteiger partial charge in [-0.15, -0.1) is 0 Å². The Balaban J connectivity index is 2.25. The van der Waals surface area contributed by atoms with E-state index in [1.54, 1.807) is 14.2 Å². The van der Waals surface area contributed by atoms with Crippen LogP contribution in [0, 0.1) is 13.8 Å². The summed E-state index contributed by atoms with van der Waals surface area (Å²) in [4.78, 5) is 7.19. The van der Waals surface area contributed by atoms with Crippen LogP contribution in [0.25, 0.3) is 10.9 Å². The molecule has 1 unspecified atom stereocenters. The van der Waals surface area contributed by atoms with Gasteiger partial charge in [0.1, 0.15) is 11.3 Å². The second kappa shape index (κ2) is 9.79. The van der Waals surface area contributed by atoms with E-state index >= 15 is 0 Å². The molecule has 5 heteroatoms. The molecule has 2 rings (SSSR count). The summed E-state index contributed by atoms with van der Waals surface area (Å²) in [6, 6.07) is 4.48. The zero-order chi connectivity index (χ0) is 20.0. The van der Waals surface area contributed by atoms with Gasteiger partial charge in [-0.3, -0.25) is 0 Å². The molecule has 0 radical (unpaired) electrons. The molecule has 0 fully saturated rings. The van der Waals surface area contributed by atoms with Crippen molar-refractivity contribution in [3.63, 3.8) is 0 Å². The lowest BCUT2D eigenvalue weighted by Gasteiger charge is -2.22. The molecule has 1 aromatic heterocycles. The van der Waals surface area contributed by atoms with Crippen LogP contribution >= 0.6 is 0 Å². The Hall–Kier alpha value is -2.01. The number of benzene rings is 1. The van der Waals surface area contributed by atoms with Crippen LogP contribution in [0.5, 0.6) is 11.5 Å². The fourth-order valence-electron chi connectivity index (χ4n) is 3.46. The van der Waals surface area contributed by atoms with Crippen molar-refractivity contribution < 1.29 is 9.47 Å². The maximum atomic E-state index is 5.77. The van der Waals surface area contributed by atoms with Crippen molar-refractivity contribution in [3.05, 3.63) is 23.4 Å². The van der Waals surface area contributed by atoms with Gasteiger partial charge >= 0.3 is 0 Å². The van der Waals surface area contributed by atoms with Crippen LogP contribution < -0.4 is 14.8 Å². The Labute approximate surface area is 164 Å². The van der Waals surface area contributed by atoms with Gasteiger partial charge in [0.15, 0.2) is 5.75 Å². The van der Waals surface area contributed by atoms with E-state index in [4.69, 9.17) is 14.5 Å². The van der Waals surface area contributed by atoms with E-state index in [1.165, 1.54) is 6.42 Å². The fourth-order valence-corrected chi connectivity index (χ4v) is 3.46. The molecule has 1 atom stereocenters. The standard InChI is InChI=1S/C22H35N3O2/c1-8-25(9-2)12-10-11-16(4)23-19-14-20(26-6)21-18(22(19)27-7)13-15(3)17(5)24-21/h13-14,16,23H,8-12H2,1-7H3. The maximum Gasteiger partial charge on any atom is 0.151 e. The van der Waals surface area contributed by atoms with Crippen LogP contribution in [-0.2, 0) is 0 Å². The highest BCUT2D eigenvalue weighted by Gasteiger charge is 2.17. The molecule has 1 heterocycles. The van der Waals surface area contributed by atoms with Gasteiger partial charge in [0.05, 0.1) is 19.9 Å². The molecule has 5 nitrogen and oxygen atoms in total. The third-order valence-electron chi connectivity index (χ3n) is 5.30. The van der Waals surface area contributed by atoms with Crippen LogP contribution in [0.15, 0.2) is 12.1 Å². The highest BCUT2D eigenvalue weighted by atomic mass is 16.5. The molecule has 0 bridgehead atoms. The van der Waals surface area contributed by atoms with Crippen molar-refractivity contribution in [2.75, 3.05) is 39.2 Å². The Morgan fingerprint density at radius 3 is 2.41 bits per heavy atom. The molecule has 0 aliphatic heterocycles. The summed E-state index contributed by atoms with van der Waals surface area (Å²) in [7, 11) is 3.40. The van der Waals surface area contributed by atoms with Gasteiger partial charge in [-0.25, -0.2) is 4.98 Å². The average molecular weight is 374 g/mol.